The maximum Gasteiger partial charge on any atom is 0.196 e. The third kappa shape index (κ3) is 4.62. The lowest BCUT2D eigenvalue weighted by Crippen LogP contribution is -2.03. The molecule has 0 aliphatic carbocycles. The number of rotatable bonds is 8. The lowest BCUT2D eigenvalue weighted by molar-refractivity contribution is 0.103. The first-order chi connectivity index (χ1) is 13.2. The van der Waals surface area contributed by atoms with Crippen molar-refractivity contribution in [3.63, 3.8) is 0 Å². The Morgan fingerprint density at radius 1 is 0.778 bits per heavy atom. The minimum atomic E-state index is -0.0565. The first-order valence-electron chi connectivity index (χ1n) is 8.92. The summed E-state index contributed by atoms with van der Waals surface area (Å²) in [5.74, 6) is 1.19. The fourth-order valence-electron chi connectivity index (χ4n) is 2.84. The fourth-order valence-corrected chi connectivity index (χ4v) is 2.84. The van der Waals surface area contributed by atoms with Crippen LogP contribution >= 0.6 is 0 Å². The van der Waals surface area contributed by atoms with Crippen LogP contribution in [0.25, 0.3) is 0 Å². The number of hydrogen-bond donors (Lipinski definition) is 0. The lowest BCUT2D eigenvalue weighted by atomic mass is 10.0. The molecule has 0 radical (unpaired) electrons. The van der Waals surface area contributed by atoms with Crippen molar-refractivity contribution in [3.8, 4) is 11.5 Å². The molecule has 3 rings (SSSR count). The Morgan fingerprint density at radius 3 is 1.93 bits per heavy atom. The van der Waals surface area contributed by atoms with Crippen molar-refractivity contribution in [1.29, 1.82) is 0 Å². The molecule has 3 aromatic carbocycles. The molecule has 0 bridgehead atoms. The van der Waals surface area contributed by atoms with Gasteiger partial charge in [0.1, 0.15) is 11.5 Å². The lowest BCUT2D eigenvalue weighted by Gasteiger charge is -2.11. The van der Waals surface area contributed by atoms with Crippen molar-refractivity contribution < 1.29 is 9.53 Å². The minimum Gasteiger partial charge on any atom is -0.457 e. The van der Waals surface area contributed by atoms with Crippen molar-refractivity contribution in [1.82, 2.24) is 0 Å². The van der Waals surface area contributed by atoms with E-state index in [1.165, 1.54) is 5.56 Å². The smallest absolute Gasteiger partial charge is 0.196 e. The number of ketones is 1. The highest BCUT2D eigenvalue weighted by Gasteiger charge is 2.15. The number of ether oxygens (including phenoxy) is 1. The van der Waals surface area contributed by atoms with Crippen molar-refractivity contribution in [2.45, 2.75) is 12.8 Å². The second kappa shape index (κ2) is 8.81. The van der Waals surface area contributed by atoms with Crippen LogP contribution in [0.15, 0.2) is 98.1 Å². The quantitative estimate of drug-likeness (QED) is 0.357. The van der Waals surface area contributed by atoms with Gasteiger partial charge in [-0.3, -0.25) is 4.79 Å². The number of allylic oxidation sites excluding steroid dienone is 2. The van der Waals surface area contributed by atoms with Gasteiger partial charge in [-0.15, -0.1) is 13.2 Å². The molecular weight excluding hydrogens is 332 g/mol. The van der Waals surface area contributed by atoms with Crippen LogP contribution in [-0.2, 0) is 12.8 Å². The summed E-state index contributed by atoms with van der Waals surface area (Å²) in [5.41, 5.74) is 3.48. The van der Waals surface area contributed by atoms with Crippen LogP contribution in [0, 0.1) is 0 Å². The van der Waals surface area contributed by atoms with E-state index in [2.05, 4.69) is 13.2 Å². The third-order valence-electron chi connectivity index (χ3n) is 4.26. The maximum atomic E-state index is 13.0. The molecule has 0 aromatic heterocycles. The average molecular weight is 354 g/mol. The molecular formula is C25H22O2. The van der Waals surface area contributed by atoms with Gasteiger partial charge >= 0.3 is 0 Å². The van der Waals surface area contributed by atoms with E-state index >= 15 is 0 Å². The summed E-state index contributed by atoms with van der Waals surface area (Å²) in [5, 5.41) is 0. The van der Waals surface area contributed by atoms with Gasteiger partial charge in [-0.25, -0.2) is 0 Å². The summed E-state index contributed by atoms with van der Waals surface area (Å²) in [6.07, 6.45) is 5.32. The van der Waals surface area contributed by atoms with Gasteiger partial charge < -0.3 is 4.74 Å². The Morgan fingerprint density at radius 2 is 1.33 bits per heavy atom. The zero-order valence-corrected chi connectivity index (χ0v) is 15.2. The minimum absolute atomic E-state index is 0.0565. The Balaban J connectivity index is 1.83. The summed E-state index contributed by atoms with van der Waals surface area (Å²) in [6.45, 7) is 7.49. The molecule has 27 heavy (non-hydrogen) atoms. The van der Waals surface area contributed by atoms with Crippen molar-refractivity contribution in [2.75, 3.05) is 0 Å². The molecule has 0 amide bonds. The van der Waals surface area contributed by atoms with Gasteiger partial charge in [0.15, 0.2) is 5.78 Å². The number of hydrogen-bond acceptors (Lipinski definition) is 2. The molecule has 0 aliphatic heterocycles. The van der Waals surface area contributed by atoms with E-state index in [4.69, 9.17) is 4.74 Å². The normalized spacial score (nSPS) is 10.2. The molecule has 0 spiro atoms. The molecule has 2 heteroatoms. The standard InChI is InChI=1S/C25H22O2/c1-3-7-19-11-15-21(16-12-19)25(26)23-9-5-6-10-24(23)27-22-17-13-20(8-4-2)14-18-22/h3-6,9-18H,1-2,7-8H2. The summed E-state index contributed by atoms with van der Waals surface area (Å²) < 4.78 is 5.99. The number of para-hydroxylation sites is 1. The van der Waals surface area contributed by atoms with E-state index in [0.717, 1.165) is 18.4 Å². The molecule has 0 N–H and O–H groups in total. The summed E-state index contributed by atoms with van der Waals surface area (Å²) >= 11 is 0. The molecule has 3 aromatic rings. The zero-order valence-electron chi connectivity index (χ0n) is 15.2. The van der Waals surface area contributed by atoms with Crippen LogP contribution in [0.1, 0.15) is 27.0 Å². The summed E-state index contributed by atoms with van der Waals surface area (Å²) in [4.78, 5) is 13.0. The molecule has 2 nitrogen and oxygen atoms in total. The van der Waals surface area contributed by atoms with Crippen molar-refractivity contribution in [3.05, 3.63) is 120 Å². The number of carbonyl (C=O) groups excluding carboxylic acids is 1. The predicted octanol–water partition coefficient (Wildman–Crippen LogP) is 6.17. The summed E-state index contributed by atoms with van der Waals surface area (Å²) in [7, 11) is 0. The van der Waals surface area contributed by atoms with Crippen molar-refractivity contribution in [2.24, 2.45) is 0 Å². The van der Waals surface area contributed by atoms with Gasteiger partial charge in [0, 0.05) is 5.56 Å². The van der Waals surface area contributed by atoms with Gasteiger partial charge in [0.25, 0.3) is 0 Å². The van der Waals surface area contributed by atoms with Gasteiger partial charge in [0.2, 0.25) is 0 Å². The van der Waals surface area contributed by atoms with Crippen LogP contribution in [0.5, 0.6) is 11.5 Å². The highest BCUT2D eigenvalue weighted by atomic mass is 16.5. The number of carbonyl (C=O) groups is 1. The Hall–Kier alpha value is -3.39. The van der Waals surface area contributed by atoms with E-state index in [1.54, 1.807) is 6.07 Å². The predicted molar refractivity (Wildman–Crippen MR) is 111 cm³/mol. The third-order valence-corrected chi connectivity index (χ3v) is 4.26. The Labute approximate surface area is 160 Å². The monoisotopic (exact) mass is 354 g/mol. The summed E-state index contributed by atoms with van der Waals surface area (Å²) in [6, 6.07) is 22.7. The van der Waals surface area contributed by atoms with Gasteiger partial charge in [-0.05, 0) is 48.2 Å². The molecule has 0 fully saturated rings. The molecule has 0 aliphatic rings. The first kappa shape index (κ1) is 18.4. The number of benzene rings is 3. The second-order valence-corrected chi connectivity index (χ2v) is 6.25. The fraction of sp³-hybridized carbons (Fsp3) is 0.0800. The van der Waals surface area contributed by atoms with E-state index in [9.17, 15) is 4.79 Å². The first-order valence-corrected chi connectivity index (χ1v) is 8.92. The van der Waals surface area contributed by atoms with E-state index in [1.807, 2.05) is 78.9 Å². The molecule has 0 saturated carbocycles. The van der Waals surface area contributed by atoms with Crippen LogP contribution < -0.4 is 4.74 Å². The highest BCUT2D eigenvalue weighted by molar-refractivity contribution is 6.10. The van der Waals surface area contributed by atoms with Crippen LogP contribution in [0.4, 0.5) is 0 Å². The van der Waals surface area contributed by atoms with E-state index in [0.29, 0.717) is 22.6 Å². The van der Waals surface area contributed by atoms with E-state index < -0.39 is 0 Å². The van der Waals surface area contributed by atoms with Gasteiger partial charge in [0.05, 0.1) is 5.56 Å². The second-order valence-electron chi connectivity index (χ2n) is 6.25. The molecule has 0 heterocycles. The van der Waals surface area contributed by atoms with Gasteiger partial charge in [-0.1, -0.05) is 60.7 Å². The maximum absolute atomic E-state index is 13.0. The highest BCUT2D eigenvalue weighted by Crippen LogP contribution is 2.27. The molecule has 0 unspecified atom stereocenters. The van der Waals surface area contributed by atoms with Crippen LogP contribution in [0.3, 0.4) is 0 Å². The van der Waals surface area contributed by atoms with Crippen LogP contribution in [0.2, 0.25) is 0 Å². The van der Waals surface area contributed by atoms with Gasteiger partial charge in [-0.2, -0.15) is 0 Å². The molecule has 134 valence electrons. The average Bonchev–Trinajstić information content (AvgIpc) is 2.70. The van der Waals surface area contributed by atoms with Crippen molar-refractivity contribution >= 4 is 5.78 Å². The van der Waals surface area contributed by atoms with E-state index in [-0.39, 0.29) is 5.78 Å². The SMILES string of the molecule is C=CCc1ccc(Oc2ccccc2C(=O)c2ccc(CC=C)cc2)cc1. The Bertz CT molecular complexity index is 935. The van der Waals surface area contributed by atoms with Crippen LogP contribution in [-0.4, -0.2) is 5.78 Å². The zero-order chi connectivity index (χ0) is 19.1. The Kier molecular flexibility index (Phi) is 6.01. The molecule has 0 saturated heterocycles. The largest absolute Gasteiger partial charge is 0.457 e. The molecule has 0 atom stereocenters. The topological polar surface area (TPSA) is 26.3 Å².